The molecule has 1 aromatic heterocycles. The topological polar surface area (TPSA) is 155 Å². The second kappa shape index (κ2) is 12.6. The number of fused-ring (bicyclic) bond motifs is 1. The zero-order valence-electron chi connectivity index (χ0n) is 22.8. The van der Waals surface area contributed by atoms with Gasteiger partial charge in [-0.1, -0.05) is 45.9 Å². The van der Waals surface area contributed by atoms with E-state index in [0.717, 1.165) is 16.5 Å². The SMILES string of the molecule is CC(C)C[C@@H](NC(=O)[C@H](NC(=O)[C@@H](Cc1c[nH]c2ccccc12)NC(=O)OC(C)(C)C)C(C)C)C(N)=O. The summed E-state index contributed by atoms with van der Waals surface area (Å²) in [5.41, 5.74) is 6.44. The molecule has 0 aliphatic carbocycles. The van der Waals surface area contributed by atoms with Crippen molar-refractivity contribution >= 4 is 34.7 Å². The summed E-state index contributed by atoms with van der Waals surface area (Å²) in [6, 6.07) is 4.80. The molecule has 6 N–H and O–H groups in total. The molecule has 1 aromatic carbocycles. The second-order valence-corrected chi connectivity index (χ2v) is 11.1. The fourth-order valence-corrected chi connectivity index (χ4v) is 3.95. The van der Waals surface area contributed by atoms with Crippen LogP contribution in [0.3, 0.4) is 0 Å². The number of para-hydroxylation sites is 1. The number of hydrogen-bond donors (Lipinski definition) is 5. The van der Waals surface area contributed by atoms with Crippen LogP contribution in [0.25, 0.3) is 10.9 Å². The standard InChI is InChI=1S/C27H41N5O5/c1-15(2)12-20(23(28)33)30-25(35)22(16(3)4)32-24(34)21(31-26(36)37-27(5,6)7)13-17-14-29-19-11-9-8-10-18(17)19/h8-11,14-16,20-22,29H,12-13H2,1-7H3,(H2,28,33)(H,30,35)(H,31,36)(H,32,34)/t20-,21-,22-/m1/s1. The van der Waals surface area contributed by atoms with Crippen LogP contribution in [0.5, 0.6) is 0 Å². The first kappa shape index (κ1) is 29.7. The fourth-order valence-electron chi connectivity index (χ4n) is 3.95. The Labute approximate surface area is 218 Å². The number of H-pyrrole nitrogens is 1. The molecular formula is C27H41N5O5. The molecule has 3 atom stereocenters. The van der Waals surface area contributed by atoms with Gasteiger partial charge in [0.1, 0.15) is 23.7 Å². The number of alkyl carbamates (subject to hydrolysis) is 1. The third-order valence-electron chi connectivity index (χ3n) is 5.72. The quantitative estimate of drug-likeness (QED) is 0.311. The monoisotopic (exact) mass is 515 g/mol. The Morgan fingerprint density at radius 3 is 2.16 bits per heavy atom. The summed E-state index contributed by atoms with van der Waals surface area (Å²) in [6.07, 6.45) is 1.59. The molecule has 37 heavy (non-hydrogen) atoms. The Bertz CT molecular complexity index is 1100. The maximum Gasteiger partial charge on any atom is 0.408 e. The number of carbonyl (C=O) groups is 4. The lowest BCUT2D eigenvalue weighted by atomic mass is 9.99. The molecule has 0 aliphatic rings. The number of aromatic amines is 1. The van der Waals surface area contributed by atoms with E-state index in [1.807, 2.05) is 38.1 Å². The van der Waals surface area contributed by atoms with E-state index in [0.29, 0.717) is 6.42 Å². The maximum atomic E-state index is 13.5. The predicted molar refractivity (Wildman–Crippen MR) is 143 cm³/mol. The van der Waals surface area contributed by atoms with Gasteiger partial charge >= 0.3 is 6.09 Å². The van der Waals surface area contributed by atoms with Crippen molar-refractivity contribution in [1.29, 1.82) is 0 Å². The van der Waals surface area contributed by atoms with Crippen molar-refractivity contribution in [3.63, 3.8) is 0 Å². The number of benzene rings is 1. The summed E-state index contributed by atoms with van der Waals surface area (Å²) in [7, 11) is 0. The number of hydrogen-bond acceptors (Lipinski definition) is 5. The van der Waals surface area contributed by atoms with Crippen LogP contribution in [0.1, 0.15) is 60.5 Å². The number of carbonyl (C=O) groups excluding carboxylic acids is 4. The van der Waals surface area contributed by atoms with Crippen molar-refractivity contribution in [2.24, 2.45) is 17.6 Å². The molecule has 2 rings (SSSR count). The first-order chi connectivity index (χ1) is 17.2. The number of aromatic nitrogens is 1. The number of primary amides is 1. The third-order valence-corrected chi connectivity index (χ3v) is 5.72. The summed E-state index contributed by atoms with van der Waals surface area (Å²) < 4.78 is 5.37. The minimum absolute atomic E-state index is 0.128. The van der Waals surface area contributed by atoms with Crippen molar-refractivity contribution in [1.82, 2.24) is 20.9 Å². The molecular weight excluding hydrogens is 474 g/mol. The molecule has 0 aliphatic heterocycles. The van der Waals surface area contributed by atoms with Crippen LogP contribution < -0.4 is 21.7 Å². The average molecular weight is 516 g/mol. The van der Waals surface area contributed by atoms with Gasteiger partial charge in [-0.3, -0.25) is 14.4 Å². The van der Waals surface area contributed by atoms with Crippen LogP contribution in [-0.2, 0) is 25.5 Å². The molecule has 2 aromatic rings. The van der Waals surface area contributed by atoms with Gasteiger partial charge in [0.05, 0.1) is 0 Å². The average Bonchev–Trinajstić information content (AvgIpc) is 3.17. The Kier molecular flexibility index (Phi) is 10.1. The molecule has 10 nitrogen and oxygen atoms in total. The first-order valence-corrected chi connectivity index (χ1v) is 12.6. The highest BCUT2D eigenvalue weighted by Gasteiger charge is 2.32. The minimum atomic E-state index is -1.02. The summed E-state index contributed by atoms with van der Waals surface area (Å²) >= 11 is 0. The predicted octanol–water partition coefficient (Wildman–Crippen LogP) is 2.76. The van der Waals surface area contributed by atoms with E-state index < -0.39 is 47.5 Å². The molecule has 10 heteroatoms. The highest BCUT2D eigenvalue weighted by Crippen LogP contribution is 2.20. The lowest BCUT2D eigenvalue weighted by molar-refractivity contribution is -0.133. The van der Waals surface area contributed by atoms with Crippen molar-refractivity contribution < 1.29 is 23.9 Å². The number of rotatable bonds is 11. The van der Waals surface area contributed by atoms with Gasteiger partial charge in [-0.15, -0.1) is 0 Å². The number of amides is 4. The molecule has 1 heterocycles. The van der Waals surface area contributed by atoms with Gasteiger partial charge in [0, 0.05) is 23.5 Å². The van der Waals surface area contributed by atoms with Gasteiger partial charge in [0.2, 0.25) is 17.7 Å². The van der Waals surface area contributed by atoms with Gasteiger partial charge < -0.3 is 31.4 Å². The van der Waals surface area contributed by atoms with Crippen LogP contribution in [0, 0.1) is 11.8 Å². The van der Waals surface area contributed by atoms with Gasteiger partial charge in [-0.25, -0.2) is 4.79 Å². The van der Waals surface area contributed by atoms with E-state index in [2.05, 4.69) is 20.9 Å². The molecule has 0 fully saturated rings. The van der Waals surface area contributed by atoms with Gasteiger partial charge in [-0.2, -0.15) is 0 Å². The molecule has 4 amide bonds. The lowest BCUT2D eigenvalue weighted by Crippen LogP contribution is -2.58. The van der Waals surface area contributed by atoms with Crippen LogP contribution in [0.15, 0.2) is 30.5 Å². The molecule has 0 saturated heterocycles. The Hall–Kier alpha value is -3.56. The van der Waals surface area contributed by atoms with Crippen molar-refractivity contribution in [3.05, 3.63) is 36.0 Å². The molecule has 204 valence electrons. The van der Waals surface area contributed by atoms with Gasteiger partial charge in [-0.05, 0) is 50.7 Å². The third kappa shape index (κ3) is 9.11. The molecule has 0 spiro atoms. The second-order valence-electron chi connectivity index (χ2n) is 11.1. The number of nitrogens with one attached hydrogen (secondary N) is 4. The normalized spacial score (nSPS) is 14.2. The van der Waals surface area contributed by atoms with Crippen LogP contribution in [0.2, 0.25) is 0 Å². The van der Waals surface area contributed by atoms with Crippen LogP contribution >= 0.6 is 0 Å². The van der Waals surface area contributed by atoms with Gasteiger partial charge in [0.25, 0.3) is 0 Å². The summed E-state index contributed by atoms with van der Waals surface area (Å²) in [5, 5.41) is 9.00. The highest BCUT2D eigenvalue weighted by atomic mass is 16.6. The summed E-state index contributed by atoms with van der Waals surface area (Å²) in [4.78, 5) is 54.2. The molecule has 0 unspecified atom stereocenters. The maximum absolute atomic E-state index is 13.5. The smallest absolute Gasteiger partial charge is 0.408 e. The zero-order valence-corrected chi connectivity index (χ0v) is 22.8. The van der Waals surface area contributed by atoms with E-state index in [1.165, 1.54) is 0 Å². The van der Waals surface area contributed by atoms with E-state index in [1.54, 1.807) is 40.8 Å². The van der Waals surface area contributed by atoms with E-state index in [9.17, 15) is 19.2 Å². The van der Waals surface area contributed by atoms with Crippen molar-refractivity contribution in [2.75, 3.05) is 0 Å². The Morgan fingerprint density at radius 2 is 1.59 bits per heavy atom. The first-order valence-electron chi connectivity index (χ1n) is 12.6. The summed E-state index contributed by atoms with van der Waals surface area (Å²) in [6.45, 7) is 12.6. The van der Waals surface area contributed by atoms with Crippen molar-refractivity contribution in [3.8, 4) is 0 Å². The van der Waals surface area contributed by atoms with E-state index in [-0.39, 0.29) is 18.3 Å². The molecule has 0 saturated carbocycles. The lowest BCUT2D eigenvalue weighted by Gasteiger charge is -2.28. The Morgan fingerprint density at radius 1 is 0.946 bits per heavy atom. The van der Waals surface area contributed by atoms with Gasteiger partial charge in [0.15, 0.2) is 0 Å². The molecule has 0 bridgehead atoms. The largest absolute Gasteiger partial charge is 0.444 e. The van der Waals surface area contributed by atoms with E-state index in [4.69, 9.17) is 10.5 Å². The summed E-state index contributed by atoms with van der Waals surface area (Å²) in [5.74, 6) is -1.88. The Balaban J connectivity index is 2.27. The molecule has 0 radical (unpaired) electrons. The van der Waals surface area contributed by atoms with Crippen LogP contribution in [-0.4, -0.2) is 52.5 Å². The highest BCUT2D eigenvalue weighted by molar-refractivity contribution is 5.94. The van der Waals surface area contributed by atoms with Crippen molar-refractivity contribution in [2.45, 2.75) is 85.0 Å². The van der Waals surface area contributed by atoms with Crippen LogP contribution in [0.4, 0.5) is 4.79 Å². The van der Waals surface area contributed by atoms with E-state index >= 15 is 0 Å². The zero-order chi connectivity index (χ0) is 27.9. The fraction of sp³-hybridized carbons (Fsp3) is 0.556. The number of nitrogens with two attached hydrogens (primary N) is 1. The number of ether oxygens (including phenoxy) is 1. The minimum Gasteiger partial charge on any atom is -0.444 e.